The summed E-state index contributed by atoms with van der Waals surface area (Å²) in [7, 11) is -2.91. The monoisotopic (exact) mass is 284 g/mol. The van der Waals surface area contributed by atoms with Crippen molar-refractivity contribution in [3.05, 3.63) is 23.4 Å². The Kier molecular flexibility index (Phi) is 3.75. The van der Waals surface area contributed by atoms with E-state index in [0.717, 1.165) is 0 Å². The second kappa shape index (κ2) is 5.16. The Balaban J connectivity index is 2.08. The molecule has 2 heterocycles. The molecule has 104 valence electrons. The molecule has 6 nitrogen and oxygen atoms in total. The highest BCUT2D eigenvalue weighted by Gasteiger charge is 2.28. The van der Waals surface area contributed by atoms with Crippen molar-refractivity contribution in [3.8, 4) is 0 Å². The zero-order chi connectivity index (χ0) is 14.0. The van der Waals surface area contributed by atoms with Gasteiger partial charge in [0.15, 0.2) is 9.84 Å². The Bertz CT molecular complexity index is 598. The molecule has 0 amide bonds. The standard InChI is InChI=1S/C12H16N2O4S/c1-8-2-4-13-11(10(8)12(15)16)14-6-9-3-5-19(17,18)7-9/h2,4,9H,3,5-7H2,1H3,(H,13,14)(H,15,16). The van der Waals surface area contributed by atoms with Crippen molar-refractivity contribution in [1.82, 2.24) is 4.98 Å². The molecule has 1 unspecified atom stereocenters. The van der Waals surface area contributed by atoms with Crippen LogP contribution >= 0.6 is 0 Å². The summed E-state index contributed by atoms with van der Waals surface area (Å²) in [5, 5.41) is 12.1. The number of nitrogens with one attached hydrogen (secondary N) is 1. The smallest absolute Gasteiger partial charge is 0.339 e. The van der Waals surface area contributed by atoms with Crippen LogP contribution in [0.15, 0.2) is 12.3 Å². The minimum Gasteiger partial charge on any atom is -0.478 e. The summed E-state index contributed by atoms with van der Waals surface area (Å²) in [6, 6.07) is 1.63. The van der Waals surface area contributed by atoms with Crippen molar-refractivity contribution in [2.24, 2.45) is 5.92 Å². The molecule has 1 saturated heterocycles. The summed E-state index contributed by atoms with van der Waals surface area (Å²) in [6.07, 6.45) is 2.15. The minimum absolute atomic E-state index is 0.0222. The molecule has 1 aliphatic heterocycles. The van der Waals surface area contributed by atoms with Gasteiger partial charge in [0.05, 0.1) is 11.5 Å². The number of pyridine rings is 1. The van der Waals surface area contributed by atoms with Gasteiger partial charge >= 0.3 is 5.97 Å². The average molecular weight is 284 g/mol. The van der Waals surface area contributed by atoms with Crippen molar-refractivity contribution in [2.45, 2.75) is 13.3 Å². The van der Waals surface area contributed by atoms with E-state index in [0.29, 0.717) is 24.3 Å². The highest BCUT2D eigenvalue weighted by Crippen LogP contribution is 2.21. The predicted octanol–water partition coefficient (Wildman–Crippen LogP) is 0.935. The first kappa shape index (κ1) is 13.8. The third-order valence-electron chi connectivity index (χ3n) is 3.26. The Labute approximate surface area is 111 Å². The molecular weight excluding hydrogens is 268 g/mol. The number of hydrogen-bond donors (Lipinski definition) is 2. The van der Waals surface area contributed by atoms with Gasteiger partial charge in [-0.2, -0.15) is 0 Å². The first-order chi connectivity index (χ1) is 8.89. The third kappa shape index (κ3) is 3.23. The zero-order valence-corrected chi connectivity index (χ0v) is 11.4. The molecule has 1 aromatic rings. The Morgan fingerprint density at radius 1 is 1.58 bits per heavy atom. The van der Waals surface area contributed by atoms with Crippen molar-refractivity contribution < 1.29 is 18.3 Å². The number of sulfone groups is 1. The van der Waals surface area contributed by atoms with E-state index >= 15 is 0 Å². The predicted molar refractivity (Wildman–Crippen MR) is 71.2 cm³/mol. The number of aromatic nitrogens is 1. The van der Waals surface area contributed by atoms with Crippen LogP contribution in [0.4, 0.5) is 5.82 Å². The highest BCUT2D eigenvalue weighted by atomic mass is 32.2. The molecule has 0 aliphatic carbocycles. The molecule has 1 atom stereocenters. The van der Waals surface area contributed by atoms with E-state index < -0.39 is 15.8 Å². The molecule has 2 N–H and O–H groups in total. The van der Waals surface area contributed by atoms with Gasteiger partial charge in [0.1, 0.15) is 11.4 Å². The van der Waals surface area contributed by atoms with Crippen LogP contribution in [-0.2, 0) is 9.84 Å². The lowest BCUT2D eigenvalue weighted by molar-refractivity contribution is 0.0696. The lowest BCUT2D eigenvalue weighted by Gasteiger charge is -2.13. The number of anilines is 1. The number of nitrogens with zero attached hydrogens (tertiary/aromatic N) is 1. The lowest BCUT2D eigenvalue weighted by Crippen LogP contribution is -2.18. The number of carbonyl (C=O) groups is 1. The summed E-state index contributed by atoms with van der Waals surface area (Å²) < 4.78 is 22.7. The summed E-state index contributed by atoms with van der Waals surface area (Å²) in [4.78, 5) is 15.2. The molecule has 0 radical (unpaired) electrons. The van der Waals surface area contributed by atoms with E-state index in [1.165, 1.54) is 6.20 Å². The maximum absolute atomic E-state index is 11.3. The Hall–Kier alpha value is -1.63. The average Bonchev–Trinajstić information content (AvgIpc) is 2.66. The van der Waals surface area contributed by atoms with Gasteiger partial charge < -0.3 is 10.4 Å². The van der Waals surface area contributed by atoms with Crippen molar-refractivity contribution in [1.29, 1.82) is 0 Å². The quantitative estimate of drug-likeness (QED) is 0.854. The summed E-state index contributed by atoms with van der Waals surface area (Å²) in [6.45, 7) is 2.13. The zero-order valence-electron chi connectivity index (χ0n) is 10.6. The molecular formula is C12H16N2O4S. The summed E-state index contributed by atoms with van der Waals surface area (Å²) in [5.74, 6) is -0.335. The first-order valence-corrected chi connectivity index (χ1v) is 7.84. The van der Waals surface area contributed by atoms with Crippen molar-refractivity contribution in [2.75, 3.05) is 23.4 Å². The lowest BCUT2D eigenvalue weighted by atomic mass is 10.1. The van der Waals surface area contributed by atoms with Gasteiger partial charge in [-0.25, -0.2) is 18.2 Å². The van der Waals surface area contributed by atoms with Crippen LogP contribution in [0.5, 0.6) is 0 Å². The van der Waals surface area contributed by atoms with Gasteiger partial charge in [-0.15, -0.1) is 0 Å². The van der Waals surface area contributed by atoms with Crippen LogP contribution in [0.25, 0.3) is 0 Å². The second-order valence-electron chi connectivity index (χ2n) is 4.81. The van der Waals surface area contributed by atoms with Gasteiger partial charge in [0.2, 0.25) is 0 Å². The normalized spacial score (nSPS) is 21.2. The van der Waals surface area contributed by atoms with E-state index in [9.17, 15) is 13.2 Å². The SMILES string of the molecule is Cc1ccnc(NCC2CCS(=O)(=O)C2)c1C(=O)O. The maximum atomic E-state index is 11.3. The topological polar surface area (TPSA) is 96.4 Å². The van der Waals surface area contributed by atoms with Gasteiger partial charge in [0, 0.05) is 12.7 Å². The molecule has 7 heteroatoms. The second-order valence-corrected chi connectivity index (χ2v) is 7.04. The van der Waals surface area contributed by atoms with Crippen molar-refractivity contribution in [3.63, 3.8) is 0 Å². The summed E-state index contributed by atoms with van der Waals surface area (Å²) >= 11 is 0. The Morgan fingerprint density at radius 2 is 2.32 bits per heavy atom. The molecule has 1 aromatic heterocycles. The first-order valence-electron chi connectivity index (χ1n) is 6.02. The number of aryl methyl sites for hydroxylation is 1. The minimum atomic E-state index is -2.91. The van der Waals surface area contributed by atoms with E-state index in [4.69, 9.17) is 5.11 Å². The van der Waals surface area contributed by atoms with Crippen LogP contribution in [0.1, 0.15) is 22.3 Å². The fourth-order valence-corrected chi connectivity index (χ4v) is 4.10. The van der Waals surface area contributed by atoms with Crippen LogP contribution < -0.4 is 5.32 Å². The van der Waals surface area contributed by atoms with Crippen LogP contribution in [0, 0.1) is 12.8 Å². The Morgan fingerprint density at radius 3 is 2.89 bits per heavy atom. The molecule has 0 spiro atoms. The molecule has 1 fully saturated rings. The fourth-order valence-electron chi connectivity index (χ4n) is 2.24. The van der Waals surface area contributed by atoms with Gasteiger partial charge in [-0.1, -0.05) is 0 Å². The summed E-state index contributed by atoms with van der Waals surface area (Å²) in [5.41, 5.74) is 0.771. The molecule has 1 aliphatic rings. The van der Waals surface area contributed by atoms with Gasteiger partial charge in [0.25, 0.3) is 0 Å². The highest BCUT2D eigenvalue weighted by molar-refractivity contribution is 7.91. The molecule has 2 rings (SSSR count). The number of hydrogen-bond acceptors (Lipinski definition) is 5. The number of aromatic carboxylic acids is 1. The van der Waals surface area contributed by atoms with Gasteiger partial charge in [-0.3, -0.25) is 0 Å². The largest absolute Gasteiger partial charge is 0.478 e. The molecule has 19 heavy (non-hydrogen) atoms. The van der Waals surface area contributed by atoms with Crippen LogP contribution in [0.2, 0.25) is 0 Å². The maximum Gasteiger partial charge on any atom is 0.339 e. The number of rotatable bonds is 4. The van der Waals surface area contributed by atoms with E-state index in [-0.39, 0.29) is 23.0 Å². The van der Waals surface area contributed by atoms with E-state index in [1.807, 2.05) is 0 Å². The third-order valence-corrected chi connectivity index (χ3v) is 5.10. The number of carboxylic acid groups (broad SMARTS) is 1. The van der Waals surface area contributed by atoms with Crippen molar-refractivity contribution >= 4 is 21.6 Å². The van der Waals surface area contributed by atoms with E-state index in [1.54, 1.807) is 13.0 Å². The molecule has 0 saturated carbocycles. The molecule has 0 aromatic carbocycles. The van der Waals surface area contributed by atoms with Gasteiger partial charge in [-0.05, 0) is 30.9 Å². The van der Waals surface area contributed by atoms with Crippen LogP contribution in [0.3, 0.4) is 0 Å². The number of carboxylic acids is 1. The van der Waals surface area contributed by atoms with E-state index in [2.05, 4.69) is 10.3 Å². The fraction of sp³-hybridized carbons (Fsp3) is 0.500. The van der Waals surface area contributed by atoms with Crippen LogP contribution in [-0.4, -0.2) is 42.5 Å². The molecule has 0 bridgehead atoms.